The highest BCUT2D eigenvalue weighted by Gasteiger charge is 2.48. The molecular weight excluding hydrogens is 880 g/mol. The number of hydrogen-bond donors (Lipinski definition) is 0. The Bertz CT molecular complexity index is 3350. The average Bonchev–Trinajstić information content (AvgIpc) is 3.33. The molecule has 2 aliphatic heterocycles. The summed E-state index contributed by atoms with van der Waals surface area (Å²) in [6.07, 6.45) is 4.70. The van der Waals surface area contributed by atoms with E-state index >= 15 is 0 Å². The zero-order valence-electron chi connectivity index (χ0n) is 47.5. The molecule has 4 aliphatic rings. The summed E-state index contributed by atoms with van der Waals surface area (Å²) in [5.41, 5.74) is 26.8. The van der Waals surface area contributed by atoms with Gasteiger partial charge in [-0.15, -0.1) is 0 Å². The summed E-state index contributed by atoms with van der Waals surface area (Å²) < 4.78 is 0. The first kappa shape index (κ1) is 49.4. The second-order valence-electron chi connectivity index (χ2n) is 28.4. The lowest BCUT2D eigenvalue weighted by Crippen LogP contribution is -2.62. The van der Waals surface area contributed by atoms with Crippen LogP contribution in [0.4, 0.5) is 34.1 Å². The lowest BCUT2D eigenvalue weighted by Gasteiger charge is -2.48. The fourth-order valence-electron chi connectivity index (χ4n) is 13.3. The molecule has 0 amide bonds. The van der Waals surface area contributed by atoms with Gasteiger partial charge in [0, 0.05) is 34.0 Å². The van der Waals surface area contributed by atoms with Gasteiger partial charge >= 0.3 is 0 Å². The molecule has 2 aliphatic carbocycles. The monoisotopic (exact) mass is 961 g/mol. The largest absolute Gasteiger partial charge is 0.311 e. The van der Waals surface area contributed by atoms with Crippen LogP contribution in [0.3, 0.4) is 0 Å². The van der Waals surface area contributed by atoms with Gasteiger partial charge in [-0.25, -0.2) is 0 Å². The minimum Gasteiger partial charge on any atom is -0.311 e. The molecule has 0 unspecified atom stereocenters. The molecule has 11 rings (SSSR count). The summed E-state index contributed by atoms with van der Waals surface area (Å²) >= 11 is 0. The van der Waals surface area contributed by atoms with Crippen molar-refractivity contribution < 1.29 is 0 Å². The first-order valence-corrected chi connectivity index (χ1v) is 27.6. The van der Waals surface area contributed by atoms with Gasteiger partial charge in [0.2, 0.25) is 0 Å². The Kier molecular flexibility index (Phi) is 11.1. The summed E-state index contributed by atoms with van der Waals surface area (Å²) in [6, 6.07) is 53.2. The Morgan fingerprint density at radius 2 is 0.849 bits per heavy atom. The van der Waals surface area contributed by atoms with Crippen molar-refractivity contribution in [1.82, 2.24) is 0 Å². The lowest BCUT2D eigenvalue weighted by molar-refractivity contribution is 0.332. The van der Waals surface area contributed by atoms with Crippen LogP contribution in [0.15, 0.2) is 133 Å². The minimum atomic E-state index is -0.149. The Morgan fingerprint density at radius 3 is 1.40 bits per heavy atom. The van der Waals surface area contributed by atoms with Crippen LogP contribution in [-0.4, -0.2) is 6.71 Å². The second-order valence-corrected chi connectivity index (χ2v) is 28.4. The molecule has 0 radical (unpaired) electrons. The van der Waals surface area contributed by atoms with Crippen molar-refractivity contribution >= 4 is 57.2 Å². The van der Waals surface area contributed by atoms with E-state index in [4.69, 9.17) is 0 Å². The Morgan fingerprint density at radius 1 is 0.370 bits per heavy atom. The maximum Gasteiger partial charge on any atom is 0.252 e. The average molecular weight is 961 g/mol. The maximum absolute atomic E-state index is 2.73. The van der Waals surface area contributed by atoms with Gasteiger partial charge in [-0.1, -0.05) is 203 Å². The van der Waals surface area contributed by atoms with Crippen LogP contribution in [0.2, 0.25) is 0 Å². The van der Waals surface area contributed by atoms with Crippen LogP contribution < -0.4 is 26.2 Å². The molecular formula is C70H81BN2. The number of fused-ring (bicyclic) bond motifs is 6. The van der Waals surface area contributed by atoms with Crippen molar-refractivity contribution in [1.29, 1.82) is 0 Å². The summed E-state index contributed by atoms with van der Waals surface area (Å²) in [5.74, 6) is 0. The Hall–Kier alpha value is -5.80. The molecule has 374 valence electrons. The topological polar surface area (TPSA) is 6.48 Å². The normalized spacial score (nSPS) is 18.1. The standard InChI is InChI=1S/C70H81BN2/c1-64(2,3)46-28-31-56-59(36-46)73(58-41-49(44-24-20-18-21-25-44)52(66(7,8)9)40-50(58)45-26-22-19-23-27-45)62-38-47(65(4,5)6)37-61-63(62)71(56)57-42-54-55(70(16,17)35-34-69(54,14)15)43-60(57)72(61)48-29-30-51-53(39-48)68(12,13)33-32-67(51,10)11/h18-31,36-43H,32-35H2,1-17H3. The molecule has 0 aromatic heterocycles. The van der Waals surface area contributed by atoms with Crippen LogP contribution in [0, 0.1) is 0 Å². The highest BCUT2D eigenvalue weighted by atomic mass is 15.2. The van der Waals surface area contributed by atoms with Crippen molar-refractivity contribution in [3.05, 3.63) is 172 Å². The predicted octanol–water partition coefficient (Wildman–Crippen LogP) is 17.7. The third-order valence-electron chi connectivity index (χ3n) is 18.2. The molecule has 0 atom stereocenters. The number of anilines is 6. The van der Waals surface area contributed by atoms with Crippen LogP contribution >= 0.6 is 0 Å². The molecule has 0 spiro atoms. The highest BCUT2D eigenvalue weighted by molar-refractivity contribution is 7.00. The van der Waals surface area contributed by atoms with E-state index in [0.29, 0.717) is 0 Å². The van der Waals surface area contributed by atoms with E-state index < -0.39 is 0 Å². The smallest absolute Gasteiger partial charge is 0.252 e. The minimum absolute atomic E-state index is 0.00675. The zero-order valence-corrected chi connectivity index (χ0v) is 47.5. The van der Waals surface area contributed by atoms with Crippen molar-refractivity contribution in [2.45, 2.75) is 181 Å². The van der Waals surface area contributed by atoms with Crippen molar-refractivity contribution in [3.63, 3.8) is 0 Å². The number of benzene rings is 7. The van der Waals surface area contributed by atoms with E-state index in [1.165, 1.54) is 137 Å². The van der Waals surface area contributed by atoms with E-state index in [1.54, 1.807) is 0 Å². The van der Waals surface area contributed by atoms with E-state index in [1.807, 2.05) is 0 Å². The molecule has 73 heavy (non-hydrogen) atoms. The predicted molar refractivity (Wildman–Crippen MR) is 318 cm³/mol. The van der Waals surface area contributed by atoms with Crippen molar-refractivity contribution in [3.8, 4) is 22.3 Å². The number of hydrogen-bond acceptors (Lipinski definition) is 2. The first-order chi connectivity index (χ1) is 34.1. The summed E-state index contributed by atoms with van der Waals surface area (Å²) in [6.45, 7) is 41.3. The second kappa shape index (κ2) is 16.4. The Balaban J connectivity index is 1.32. The highest BCUT2D eigenvalue weighted by Crippen LogP contribution is 2.55. The fraction of sp³-hybridized carbons (Fsp3) is 0.400. The molecule has 0 saturated heterocycles. The van der Waals surface area contributed by atoms with Gasteiger partial charge in [-0.2, -0.15) is 0 Å². The van der Waals surface area contributed by atoms with E-state index in [9.17, 15) is 0 Å². The van der Waals surface area contributed by atoms with Gasteiger partial charge in [0.25, 0.3) is 6.71 Å². The molecule has 0 N–H and O–H groups in total. The SMILES string of the molecule is CC(C)(C)c1ccc2c(c1)N(c1cc(-c3ccccc3)c(C(C)(C)C)cc1-c1ccccc1)c1cc(C(C)(C)C)cc3c1B2c1cc2c(cc1N3c1ccc3c(c1)C(C)(C)CCC3(C)C)C(C)(C)CCC2(C)C. The molecule has 0 saturated carbocycles. The van der Waals surface area contributed by atoms with E-state index in [2.05, 4.69) is 261 Å². The third-order valence-corrected chi connectivity index (χ3v) is 18.2. The molecule has 2 heterocycles. The third kappa shape index (κ3) is 8.04. The van der Waals surface area contributed by atoms with Crippen LogP contribution in [0.25, 0.3) is 22.3 Å². The van der Waals surface area contributed by atoms with Gasteiger partial charge in [0.1, 0.15) is 0 Å². The number of nitrogens with zero attached hydrogens (tertiary/aromatic N) is 2. The fourth-order valence-corrected chi connectivity index (χ4v) is 13.3. The number of rotatable bonds is 4. The van der Waals surface area contributed by atoms with Gasteiger partial charge in [-0.05, 0) is 184 Å². The molecule has 7 aromatic carbocycles. The van der Waals surface area contributed by atoms with E-state index in [0.717, 1.165) is 0 Å². The molecule has 2 nitrogen and oxygen atoms in total. The Labute approximate surface area is 440 Å². The van der Waals surface area contributed by atoms with Crippen LogP contribution in [0.1, 0.15) is 182 Å². The zero-order chi connectivity index (χ0) is 52.2. The summed E-state index contributed by atoms with van der Waals surface area (Å²) in [4.78, 5) is 5.46. The summed E-state index contributed by atoms with van der Waals surface area (Å²) in [7, 11) is 0. The van der Waals surface area contributed by atoms with Gasteiger partial charge in [0.15, 0.2) is 0 Å². The maximum atomic E-state index is 2.73. The first-order valence-electron chi connectivity index (χ1n) is 27.6. The molecule has 0 bridgehead atoms. The van der Waals surface area contributed by atoms with E-state index in [-0.39, 0.29) is 44.6 Å². The molecule has 3 heteroatoms. The quantitative estimate of drug-likeness (QED) is 0.162. The van der Waals surface area contributed by atoms with Crippen molar-refractivity contribution in [2.75, 3.05) is 9.80 Å². The molecule has 7 aromatic rings. The van der Waals surface area contributed by atoms with Crippen LogP contribution in [0.5, 0.6) is 0 Å². The van der Waals surface area contributed by atoms with Gasteiger partial charge < -0.3 is 9.80 Å². The van der Waals surface area contributed by atoms with Gasteiger partial charge in [0.05, 0.1) is 5.69 Å². The molecule has 0 fully saturated rings. The van der Waals surface area contributed by atoms with Crippen LogP contribution in [-0.2, 0) is 37.9 Å². The summed E-state index contributed by atoms with van der Waals surface area (Å²) in [5, 5.41) is 0. The van der Waals surface area contributed by atoms with Crippen molar-refractivity contribution in [2.24, 2.45) is 0 Å². The lowest BCUT2D eigenvalue weighted by atomic mass is 9.33. The van der Waals surface area contributed by atoms with Gasteiger partial charge in [-0.3, -0.25) is 0 Å².